The van der Waals surface area contributed by atoms with E-state index in [9.17, 15) is 14.4 Å². The Hall–Kier alpha value is -3.46. The molecule has 2 amide bonds. The normalized spacial score (nSPS) is 10.5. The second-order valence-corrected chi connectivity index (χ2v) is 7.55. The molecule has 0 radical (unpaired) electrons. The molecule has 156 valence electrons. The summed E-state index contributed by atoms with van der Waals surface area (Å²) in [6.45, 7) is 7.01. The topological polar surface area (TPSA) is 113 Å². The van der Waals surface area contributed by atoms with Crippen molar-refractivity contribution in [1.29, 1.82) is 0 Å². The van der Waals surface area contributed by atoms with E-state index in [0.717, 1.165) is 10.6 Å². The number of hydrogen-bond acceptors (Lipinski definition) is 6. The van der Waals surface area contributed by atoms with Gasteiger partial charge in [0, 0.05) is 11.3 Å². The second kappa shape index (κ2) is 8.91. The number of thiazole rings is 1. The van der Waals surface area contributed by atoms with E-state index >= 15 is 0 Å². The number of H-pyrrole nitrogens is 1. The average Bonchev–Trinajstić information content (AvgIpc) is 3.26. The fourth-order valence-corrected chi connectivity index (χ4v) is 4.00. The molecule has 0 bridgehead atoms. The molecule has 2 heterocycles. The maximum Gasteiger partial charge on any atom is 0.340 e. The Morgan fingerprint density at radius 1 is 1.07 bits per heavy atom. The number of carbonyl (C=O) groups excluding carboxylic acids is 3. The number of aromatic amines is 1. The van der Waals surface area contributed by atoms with E-state index in [1.165, 1.54) is 11.3 Å². The molecule has 0 saturated heterocycles. The third-order valence-corrected chi connectivity index (χ3v) is 5.66. The van der Waals surface area contributed by atoms with Crippen molar-refractivity contribution in [2.45, 2.75) is 27.7 Å². The molecular formula is C21H22N4O4S. The highest BCUT2D eigenvalue weighted by Gasteiger charge is 2.23. The van der Waals surface area contributed by atoms with Crippen LogP contribution < -0.4 is 10.9 Å². The zero-order valence-electron chi connectivity index (χ0n) is 17.1. The number of esters is 1. The Bertz CT molecular complexity index is 1100. The van der Waals surface area contributed by atoms with Gasteiger partial charge in [-0.05, 0) is 33.3 Å². The van der Waals surface area contributed by atoms with Gasteiger partial charge in [-0.25, -0.2) is 9.78 Å². The van der Waals surface area contributed by atoms with Gasteiger partial charge in [0.2, 0.25) is 0 Å². The number of aryl methyl sites for hydroxylation is 2. The van der Waals surface area contributed by atoms with Crippen molar-refractivity contribution >= 4 is 29.1 Å². The summed E-state index contributed by atoms with van der Waals surface area (Å²) in [7, 11) is 0. The van der Waals surface area contributed by atoms with Crippen molar-refractivity contribution in [2.24, 2.45) is 0 Å². The predicted octanol–water partition coefficient (Wildman–Crippen LogP) is 3.31. The Kier molecular flexibility index (Phi) is 6.31. The van der Waals surface area contributed by atoms with E-state index in [1.807, 2.05) is 30.3 Å². The summed E-state index contributed by atoms with van der Waals surface area (Å²) < 4.78 is 5.02. The van der Waals surface area contributed by atoms with E-state index < -0.39 is 17.8 Å². The standard InChI is InChI=1S/C21H22N4O4S/c1-5-29-21(28)15-11(2)16(22-12(15)3)18(26)24-25-19(27)17-13(4)23-20(30-17)14-9-7-6-8-10-14/h6-10,22H,5H2,1-4H3,(H,24,26)(H,25,27). The Morgan fingerprint density at radius 2 is 1.73 bits per heavy atom. The SMILES string of the molecule is CCOC(=O)c1c(C)[nH]c(C(=O)NNC(=O)c2sc(-c3ccccc3)nc2C)c1C. The van der Waals surface area contributed by atoms with E-state index in [-0.39, 0.29) is 12.3 Å². The maximum absolute atomic E-state index is 12.6. The summed E-state index contributed by atoms with van der Waals surface area (Å²) in [6, 6.07) is 9.54. The van der Waals surface area contributed by atoms with Gasteiger partial charge >= 0.3 is 5.97 Å². The van der Waals surface area contributed by atoms with Gasteiger partial charge in [0.1, 0.15) is 15.6 Å². The van der Waals surface area contributed by atoms with Crippen LogP contribution in [0.1, 0.15) is 54.4 Å². The van der Waals surface area contributed by atoms with Crippen LogP contribution in [0.4, 0.5) is 0 Å². The molecule has 3 aromatic rings. The molecule has 30 heavy (non-hydrogen) atoms. The minimum absolute atomic E-state index is 0.182. The zero-order valence-corrected chi connectivity index (χ0v) is 17.9. The van der Waals surface area contributed by atoms with Gasteiger partial charge in [-0.15, -0.1) is 11.3 Å². The van der Waals surface area contributed by atoms with Crippen LogP contribution in [-0.2, 0) is 4.74 Å². The van der Waals surface area contributed by atoms with Crippen LogP contribution in [0.2, 0.25) is 0 Å². The zero-order chi connectivity index (χ0) is 21.8. The molecule has 2 aromatic heterocycles. The molecule has 8 nitrogen and oxygen atoms in total. The maximum atomic E-state index is 12.6. The number of nitrogens with zero attached hydrogens (tertiary/aromatic N) is 1. The molecule has 9 heteroatoms. The lowest BCUT2D eigenvalue weighted by Crippen LogP contribution is -2.42. The number of hydrogen-bond donors (Lipinski definition) is 3. The van der Waals surface area contributed by atoms with Gasteiger partial charge in [0.05, 0.1) is 17.9 Å². The number of ether oxygens (including phenoxy) is 1. The van der Waals surface area contributed by atoms with Crippen LogP contribution in [0.25, 0.3) is 10.6 Å². The van der Waals surface area contributed by atoms with Crippen LogP contribution in [0.15, 0.2) is 30.3 Å². The van der Waals surface area contributed by atoms with Gasteiger partial charge < -0.3 is 9.72 Å². The summed E-state index contributed by atoms with van der Waals surface area (Å²) in [5, 5.41) is 0.722. The van der Waals surface area contributed by atoms with E-state index in [4.69, 9.17) is 4.74 Å². The van der Waals surface area contributed by atoms with Crippen LogP contribution in [0.5, 0.6) is 0 Å². The fourth-order valence-electron chi connectivity index (χ4n) is 3.03. The van der Waals surface area contributed by atoms with Gasteiger partial charge in [-0.3, -0.25) is 20.4 Å². The van der Waals surface area contributed by atoms with Crippen molar-refractivity contribution in [2.75, 3.05) is 6.61 Å². The highest BCUT2D eigenvalue weighted by atomic mass is 32.1. The highest BCUT2D eigenvalue weighted by molar-refractivity contribution is 7.17. The number of carbonyl (C=O) groups is 3. The summed E-state index contributed by atoms with van der Waals surface area (Å²) in [6.07, 6.45) is 0. The monoisotopic (exact) mass is 426 g/mol. The largest absolute Gasteiger partial charge is 0.462 e. The van der Waals surface area contributed by atoms with Crippen molar-refractivity contribution in [3.63, 3.8) is 0 Å². The van der Waals surface area contributed by atoms with E-state index in [1.54, 1.807) is 27.7 Å². The second-order valence-electron chi connectivity index (χ2n) is 6.55. The lowest BCUT2D eigenvalue weighted by molar-refractivity contribution is 0.0524. The van der Waals surface area contributed by atoms with Gasteiger partial charge in [0.15, 0.2) is 0 Å². The Labute approximate surface area is 177 Å². The number of rotatable bonds is 5. The minimum atomic E-state index is -0.565. The summed E-state index contributed by atoms with van der Waals surface area (Å²) >= 11 is 1.24. The van der Waals surface area contributed by atoms with E-state index in [0.29, 0.717) is 27.4 Å². The smallest absolute Gasteiger partial charge is 0.340 e. The van der Waals surface area contributed by atoms with Crippen molar-refractivity contribution in [1.82, 2.24) is 20.8 Å². The summed E-state index contributed by atoms with van der Waals surface area (Å²) in [4.78, 5) is 44.9. The first-order chi connectivity index (χ1) is 14.3. The number of nitrogens with one attached hydrogen (secondary N) is 3. The Balaban J connectivity index is 1.71. The average molecular weight is 426 g/mol. The van der Waals surface area contributed by atoms with Crippen LogP contribution in [0, 0.1) is 20.8 Å². The quantitative estimate of drug-likeness (QED) is 0.428. The third kappa shape index (κ3) is 4.25. The van der Waals surface area contributed by atoms with Crippen LogP contribution >= 0.6 is 11.3 Å². The molecule has 0 fully saturated rings. The summed E-state index contributed by atoms with van der Waals surface area (Å²) in [5.74, 6) is -1.53. The van der Waals surface area contributed by atoms with E-state index in [2.05, 4.69) is 20.8 Å². The molecule has 3 rings (SSSR count). The van der Waals surface area contributed by atoms with Gasteiger partial charge in [-0.2, -0.15) is 0 Å². The predicted molar refractivity (Wildman–Crippen MR) is 113 cm³/mol. The third-order valence-electron chi connectivity index (χ3n) is 4.46. The highest BCUT2D eigenvalue weighted by Crippen LogP contribution is 2.27. The molecule has 0 spiro atoms. The molecule has 0 atom stereocenters. The lowest BCUT2D eigenvalue weighted by atomic mass is 10.1. The molecular weight excluding hydrogens is 404 g/mol. The van der Waals surface area contributed by atoms with Crippen LogP contribution in [0.3, 0.4) is 0 Å². The number of benzene rings is 1. The number of hydrazine groups is 1. The molecule has 0 aliphatic rings. The summed E-state index contributed by atoms with van der Waals surface area (Å²) in [5.41, 5.74) is 7.76. The van der Waals surface area contributed by atoms with Crippen molar-refractivity contribution in [3.05, 3.63) is 63.4 Å². The molecule has 1 aromatic carbocycles. The fraction of sp³-hybridized carbons (Fsp3) is 0.238. The first kappa shape index (κ1) is 21.3. The first-order valence-corrected chi connectivity index (χ1v) is 10.1. The van der Waals surface area contributed by atoms with Gasteiger partial charge in [0.25, 0.3) is 11.8 Å². The molecule has 0 unspecified atom stereocenters. The van der Waals surface area contributed by atoms with Gasteiger partial charge in [-0.1, -0.05) is 30.3 Å². The number of aromatic nitrogens is 2. The molecule has 0 aliphatic carbocycles. The lowest BCUT2D eigenvalue weighted by Gasteiger charge is -2.06. The molecule has 3 N–H and O–H groups in total. The first-order valence-electron chi connectivity index (χ1n) is 9.33. The van der Waals surface area contributed by atoms with Crippen LogP contribution in [-0.4, -0.2) is 34.4 Å². The molecule has 0 aliphatic heterocycles. The Morgan fingerprint density at radius 3 is 2.40 bits per heavy atom. The minimum Gasteiger partial charge on any atom is -0.462 e. The van der Waals surface area contributed by atoms with Crippen molar-refractivity contribution in [3.8, 4) is 10.6 Å². The van der Waals surface area contributed by atoms with Crippen molar-refractivity contribution < 1.29 is 19.1 Å². The number of amides is 2. The molecule has 0 saturated carbocycles.